The number of hydrogen-bond donors (Lipinski definition) is 1. The van der Waals surface area contributed by atoms with Gasteiger partial charge in [-0.05, 0) is 47.5 Å². The van der Waals surface area contributed by atoms with Crippen molar-refractivity contribution in [2.24, 2.45) is 0 Å². The molecule has 0 fully saturated rings. The third kappa shape index (κ3) is 5.22. The smallest absolute Gasteiger partial charge is 0.255 e. The number of methoxy groups -OCH3 is 1. The topological polar surface area (TPSA) is 38.3 Å². The largest absolute Gasteiger partial charge is 0.380 e. The molecule has 0 aliphatic rings. The summed E-state index contributed by atoms with van der Waals surface area (Å²) in [4.78, 5) is 13.7. The highest BCUT2D eigenvalue weighted by molar-refractivity contribution is 7.98. The van der Waals surface area contributed by atoms with Crippen molar-refractivity contribution in [3.05, 3.63) is 95.6 Å². The molecular formula is C22H21NO2S. The quantitative estimate of drug-likeness (QED) is 0.573. The number of amides is 1. The molecule has 0 aromatic heterocycles. The van der Waals surface area contributed by atoms with Crippen LogP contribution in [0.2, 0.25) is 0 Å². The van der Waals surface area contributed by atoms with Crippen LogP contribution >= 0.6 is 11.8 Å². The number of thioether (sulfide) groups is 1. The lowest BCUT2D eigenvalue weighted by atomic mass is 10.1. The Bertz CT molecular complexity index is 848. The Morgan fingerprint density at radius 1 is 0.923 bits per heavy atom. The first kappa shape index (κ1) is 18.2. The lowest BCUT2D eigenvalue weighted by molar-refractivity contribution is 0.102. The van der Waals surface area contributed by atoms with E-state index < -0.39 is 0 Å². The molecule has 3 rings (SSSR count). The van der Waals surface area contributed by atoms with Crippen LogP contribution in [0.5, 0.6) is 0 Å². The van der Waals surface area contributed by atoms with Crippen molar-refractivity contribution in [3.8, 4) is 0 Å². The fourth-order valence-electron chi connectivity index (χ4n) is 2.54. The Balaban J connectivity index is 1.59. The molecule has 3 aromatic carbocycles. The van der Waals surface area contributed by atoms with Gasteiger partial charge in [-0.25, -0.2) is 0 Å². The second-order valence-electron chi connectivity index (χ2n) is 5.89. The number of ether oxygens (including phenoxy) is 1. The monoisotopic (exact) mass is 363 g/mol. The van der Waals surface area contributed by atoms with E-state index in [1.165, 1.54) is 10.5 Å². The van der Waals surface area contributed by atoms with E-state index in [2.05, 4.69) is 17.4 Å². The Morgan fingerprint density at radius 2 is 1.69 bits per heavy atom. The van der Waals surface area contributed by atoms with Gasteiger partial charge in [0.1, 0.15) is 0 Å². The fraction of sp³-hybridized carbons (Fsp3) is 0.136. The summed E-state index contributed by atoms with van der Waals surface area (Å²) < 4.78 is 5.13. The average molecular weight is 363 g/mol. The number of benzene rings is 3. The van der Waals surface area contributed by atoms with Crippen molar-refractivity contribution < 1.29 is 9.53 Å². The molecule has 0 aliphatic heterocycles. The Hall–Kier alpha value is -2.56. The molecule has 0 spiro atoms. The highest BCUT2D eigenvalue weighted by Gasteiger charge is 2.07. The van der Waals surface area contributed by atoms with Gasteiger partial charge in [0.15, 0.2) is 0 Å². The van der Waals surface area contributed by atoms with Crippen molar-refractivity contribution in [3.63, 3.8) is 0 Å². The van der Waals surface area contributed by atoms with E-state index in [0.29, 0.717) is 12.2 Å². The summed E-state index contributed by atoms with van der Waals surface area (Å²) in [5.41, 5.74) is 3.64. The summed E-state index contributed by atoms with van der Waals surface area (Å²) in [6, 6.07) is 25.7. The Morgan fingerprint density at radius 3 is 2.42 bits per heavy atom. The maximum Gasteiger partial charge on any atom is 0.255 e. The molecule has 0 heterocycles. The van der Waals surface area contributed by atoms with Gasteiger partial charge in [-0.1, -0.05) is 42.5 Å². The fourth-order valence-corrected chi connectivity index (χ4v) is 3.42. The first-order valence-corrected chi connectivity index (χ1v) is 9.39. The molecule has 3 aromatic rings. The minimum atomic E-state index is -0.109. The summed E-state index contributed by atoms with van der Waals surface area (Å²) in [6.07, 6.45) is 0. The van der Waals surface area contributed by atoms with Gasteiger partial charge in [0.2, 0.25) is 0 Å². The second kappa shape index (κ2) is 9.22. The van der Waals surface area contributed by atoms with Gasteiger partial charge in [0, 0.05) is 29.0 Å². The predicted molar refractivity (Wildman–Crippen MR) is 108 cm³/mol. The number of hydrogen-bond acceptors (Lipinski definition) is 3. The molecule has 26 heavy (non-hydrogen) atoms. The number of nitrogens with one attached hydrogen (secondary N) is 1. The van der Waals surface area contributed by atoms with Crippen molar-refractivity contribution >= 4 is 23.4 Å². The zero-order valence-electron chi connectivity index (χ0n) is 14.6. The van der Waals surface area contributed by atoms with Crippen LogP contribution in [0.15, 0.2) is 83.8 Å². The molecule has 0 unspecified atom stereocenters. The van der Waals surface area contributed by atoms with E-state index in [0.717, 1.165) is 17.0 Å². The van der Waals surface area contributed by atoms with Gasteiger partial charge in [-0.2, -0.15) is 0 Å². The first-order valence-electron chi connectivity index (χ1n) is 8.40. The van der Waals surface area contributed by atoms with Gasteiger partial charge >= 0.3 is 0 Å². The van der Waals surface area contributed by atoms with Crippen LogP contribution in [-0.2, 0) is 17.1 Å². The van der Waals surface area contributed by atoms with Crippen molar-refractivity contribution in [1.82, 2.24) is 0 Å². The SMILES string of the molecule is COCc1cccc(NC(=O)c2ccc(CSc3ccccc3)cc2)c1. The van der Waals surface area contributed by atoms with Crippen molar-refractivity contribution in [2.45, 2.75) is 17.3 Å². The van der Waals surface area contributed by atoms with Crippen molar-refractivity contribution in [2.75, 3.05) is 12.4 Å². The summed E-state index contributed by atoms with van der Waals surface area (Å²) in [7, 11) is 1.66. The highest BCUT2D eigenvalue weighted by atomic mass is 32.2. The van der Waals surface area contributed by atoms with Gasteiger partial charge in [0.05, 0.1) is 6.61 Å². The molecule has 1 N–H and O–H groups in total. The summed E-state index contributed by atoms with van der Waals surface area (Å²) >= 11 is 1.78. The molecule has 132 valence electrons. The molecule has 0 saturated carbocycles. The van der Waals surface area contributed by atoms with Crippen LogP contribution < -0.4 is 5.32 Å². The van der Waals surface area contributed by atoms with E-state index in [1.807, 2.05) is 66.7 Å². The van der Waals surface area contributed by atoms with Crippen LogP contribution in [0.25, 0.3) is 0 Å². The molecule has 0 atom stereocenters. The van der Waals surface area contributed by atoms with Gasteiger partial charge in [-0.3, -0.25) is 4.79 Å². The molecule has 3 nitrogen and oxygen atoms in total. The van der Waals surface area contributed by atoms with E-state index in [9.17, 15) is 4.79 Å². The summed E-state index contributed by atoms with van der Waals surface area (Å²) in [5, 5.41) is 2.93. The normalized spacial score (nSPS) is 10.5. The van der Waals surface area contributed by atoms with E-state index in [1.54, 1.807) is 18.9 Å². The van der Waals surface area contributed by atoms with Crippen LogP contribution in [-0.4, -0.2) is 13.0 Å². The van der Waals surface area contributed by atoms with Crippen molar-refractivity contribution in [1.29, 1.82) is 0 Å². The second-order valence-corrected chi connectivity index (χ2v) is 6.93. The molecular weight excluding hydrogens is 342 g/mol. The van der Waals surface area contributed by atoms with Crippen LogP contribution in [0, 0.1) is 0 Å². The highest BCUT2D eigenvalue weighted by Crippen LogP contribution is 2.22. The van der Waals surface area contributed by atoms with Gasteiger partial charge < -0.3 is 10.1 Å². The number of carbonyl (C=O) groups is 1. The Kier molecular flexibility index (Phi) is 6.47. The zero-order chi connectivity index (χ0) is 18.2. The van der Waals surface area contributed by atoms with Crippen LogP contribution in [0.3, 0.4) is 0 Å². The summed E-state index contributed by atoms with van der Waals surface area (Å²) in [6.45, 7) is 0.525. The van der Waals surface area contributed by atoms with Gasteiger partial charge in [0.25, 0.3) is 5.91 Å². The van der Waals surface area contributed by atoms with Crippen LogP contribution in [0.1, 0.15) is 21.5 Å². The van der Waals surface area contributed by atoms with E-state index in [4.69, 9.17) is 4.74 Å². The lowest BCUT2D eigenvalue weighted by Gasteiger charge is -2.08. The van der Waals surface area contributed by atoms with Crippen LogP contribution in [0.4, 0.5) is 5.69 Å². The maximum absolute atomic E-state index is 12.4. The number of carbonyl (C=O) groups excluding carboxylic acids is 1. The minimum absolute atomic E-state index is 0.109. The lowest BCUT2D eigenvalue weighted by Crippen LogP contribution is -2.12. The molecule has 0 saturated heterocycles. The summed E-state index contributed by atoms with van der Waals surface area (Å²) in [5.74, 6) is 0.771. The third-order valence-corrected chi connectivity index (χ3v) is 4.94. The zero-order valence-corrected chi connectivity index (χ0v) is 15.5. The first-order chi connectivity index (χ1) is 12.7. The van der Waals surface area contributed by atoms with E-state index >= 15 is 0 Å². The third-order valence-electron chi connectivity index (χ3n) is 3.86. The molecule has 1 amide bonds. The predicted octanol–water partition coefficient (Wildman–Crippen LogP) is 5.38. The minimum Gasteiger partial charge on any atom is -0.380 e. The van der Waals surface area contributed by atoms with E-state index in [-0.39, 0.29) is 5.91 Å². The van der Waals surface area contributed by atoms with Gasteiger partial charge in [-0.15, -0.1) is 11.8 Å². The standard InChI is InChI=1S/C22H21NO2S/c1-25-15-18-6-5-7-20(14-18)23-22(24)19-12-10-17(11-13-19)16-26-21-8-3-2-4-9-21/h2-14H,15-16H2,1H3,(H,23,24). The molecule has 0 bridgehead atoms. The molecule has 0 radical (unpaired) electrons. The molecule has 4 heteroatoms. The molecule has 0 aliphatic carbocycles. The maximum atomic E-state index is 12.4. The number of rotatable bonds is 7. The Labute approximate surface area is 158 Å². The number of anilines is 1. The average Bonchev–Trinajstić information content (AvgIpc) is 2.68.